The third kappa shape index (κ3) is 3.64. The molecule has 21 heavy (non-hydrogen) atoms. The van der Waals surface area contributed by atoms with Gasteiger partial charge in [0, 0.05) is 9.49 Å². The van der Waals surface area contributed by atoms with Gasteiger partial charge >= 0.3 is 0 Å². The van der Waals surface area contributed by atoms with E-state index in [-0.39, 0.29) is 14.9 Å². The summed E-state index contributed by atoms with van der Waals surface area (Å²) in [6.45, 7) is 22.3. The van der Waals surface area contributed by atoms with Gasteiger partial charge in [0.05, 0.1) is 0 Å². The number of benzene rings is 1. The van der Waals surface area contributed by atoms with Gasteiger partial charge in [0.1, 0.15) is 0 Å². The van der Waals surface area contributed by atoms with Crippen molar-refractivity contribution in [2.75, 3.05) is 0 Å². The highest BCUT2D eigenvalue weighted by Crippen LogP contribution is 2.45. The van der Waals surface area contributed by atoms with Gasteiger partial charge in [-0.15, -0.1) is 0 Å². The number of hydrogen-bond acceptors (Lipinski definition) is 2. The van der Waals surface area contributed by atoms with Crippen molar-refractivity contribution in [3.05, 3.63) is 33.4 Å². The van der Waals surface area contributed by atoms with Crippen LogP contribution in [0.15, 0.2) is 0 Å². The molecule has 0 aliphatic carbocycles. The maximum absolute atomic E-state index is 4.88. The first-order chi connectivity index (χ1) is 9.10. The van der Waals surface area contributed by atoms with Crippen LogP contribution in [0.4, 0.5) is 0 Å². The molecule has 0 atom stereocenters. The topological polar surface area (TPSA) is 0 Å². The van der Waals surface area contributed by atoms with Crippen LogP contribution in [0.1, 0.15) is 81.8 Å². The van der Waals surface area contributed by atoms with Crippen LogP contribution in [-0.2, 0) is 14.9 Å². The van der Waals surface area contributed by atoms with Crippen LogP contribution in [0.5, 0.6) is 0 Å². The molecule has 0 heterocycles. The van der Waals surface area contributed by atoms with Crippen molar-refractivity contribution >= 4 is 25.3 Å². The highest BCUT2D eigenvalue weighted by molar-refractivity contribution is 7.81. The molecule has 0 saturated carbocycles. The Balaban J connectivity index is 4.04. The summed E-state index contributed by atoms with van der Waals surface area (Å²) in [6.07, 6.45) is 0. The summed E-state index contributed by atoms with van der Waals surface area (Å²) in [6, 6.07) is 0. The van der Waals surface area contributed by atoms with E-state index in [0.29, 0.717) is 0 Å². The van der Waals surface area contributed by atoms with E-state index in [1.807, 2.05) is 0 Å². The predicted molar refractivity (Wildman–Crippen MR) is 103 cm³/mol. The molecule has 1 rings (SSSR count). The molecule has 0 N–H and O–H groups in total. The van der Waals surface area contributed by atoms with Crippen LogP contribution in [0.3, 0.4) is 0 Å². The Morgan fingerprint density at radius 1 is 0.524 bits per heavy atom. The normalized spacial score (nSPS) is 13.7. The van der Waals surface area contributed by atoms with Gasteiger partial charge in [-0.3, -0.25) is 0 Å². The zero-order valence-electron chi connectivity index (χ0n) is 15.4. The molecule has 0 amide bonds. The van der Waals surface area contributed by atoms with Crippen molar-refractivity contribution in [2.24, 2.45) is 0 Å². The molecule has 1 aromatic carbocycles. The second kappa shape index (κ2) is 5.53. The second-order valence-corrected chi connectivity index (χ2v) is 10.6. The fourth-order valence-electron chi connectivity index (χ4n) is 4.18. The average molecular weight is 325 g/mol. The predicted octanol–water partition coefficient (Wildman–Crippen LogP) is 6.24. The summed E-state index contributed by atoms with van der Waals surface area (Å²) in [4.78, 5) is 0. The van der Waals surface area contributed by atoms with Crippen molar-refractivity contribution in [1.29, 1.82) is 0 Å². The molecule has 0 aromatic heterocycles. The number of thiol groups is 2. The van der Waals surface area contributed by atoms with E-state index in [0.717, 1.165) is 0 Å². The summed E-state index contributed by atoms with van der Waals surface area (Å²) >= 11 is 9.76. The standard InChI is InChI=1S/C19H32S2/c1-11-14(17(4,5)6)12(2)16(19(9,10)21)13(3)15(11)18(7,8)20/h20-21H,1-10H3. The average Bonchev–Trinajstić information content (AvgIpc) is 2.07. The molecule has 0 unspecified atom stereocenters. The van der Waals surface area contributed by atoms with Crippen molar-refractivity contribution in [1.82, 2.24) is 0 Å². The Morgan fingerprint density at radius 2 is 0.762 bits per heavy atom. The van der Waals surface area contributed by atoms with Gasteiger partial charge < -0.3 is 0 Å². The van der Waals surface area contributed by atoms with Crippen molar-refractivity contribution in [3.8, 4) is 0 Å². The van der Waals surface area contributed by atoms with Crippen LogP contribution in [0.2, 0.25) is 0 Å². The van der Waals surface area contributed by atoms with Crippen LogP contribution >= 0.6 is 25.3 Å². The van der Waals surface area contributed by atoms with Gasteiger partial charge in [-0.05, 0) is 87.3 Å². The van der Waals surface area contributed by atoms with Crippen LogP contribution in [0.25, 0.3) is 0 Å². The minimum Gasteiger partial charge on any atom is -0.168 e. The summed E-state index contributed by atoms with van der Waals surface area (Å²) in [5, 5.41) is 0. The fraction of sp³-hybridized carbons (Fsp3) is 0.684. The van der Waals surface area contributed by atoms with E-state index in [4.69, 9.17) is 25.3 Å². The third-order valence-electron chi connectivity index (χ3n) is 4.22. The maximum atomic E-state index is 4.88. The van der Waals surface area contributed by atoms with Gasteiger partial charge in [-0.25, -0.2) is 0 Å². The van der Waals surface area contributed by atoms with Gasteiger partial charge in [0.25, 0.3) is 0 Å². The maximum Gasteiger partial charge on any atom is 0.0327 e. The molecule has 0 aliphatic heterocycles. The van der Waals surface area contributed by atoms with Gasteiger partial charge in [-0.2, -0.15) is 25.3 Å². The Bertz CT molecular complexity index is 445. The molecule has 2 heteroatoms. The SMILES string of the molecule is Cc1c(C(C)(C)C)c(C)c(C(C)(C)S)c(C)c1C(C)(C)S. The monoisotopic (exact) mass is 324 g/mol. The van der Waals surface area contributed by atoms with E-state index in [9.17, 15) is 0 Å². The summed E-state index contributed by atoms with van der Waals surface area (Å²) in [7, 11) is 0. The molecule has 1 aromatic rings. The van der Waals surface area contributed by atoms with Gasteiger partial charge in [0.2, 0.25) is 0 Å². The highest BCUT2D eigenvalue weighted by Gasteiger charge is 2.33. The lowest BCUT2D eigenvalue weighted by atomic mass is 9.72. The summed E-state index contributed by atoms with van der Waals surface area (Å²) < 4.78 is -0.314. The van der Waals surface area contributed by atoms with E-state index < -0.39 is 0 Å². The lowest BCUT2D eigenvalue weighted by Crippen LogP contribution is -2.26. The van der Waals surface area contributed by atoms with Gasteiger partial charge in [0.15, 0.2) is 0 Å². The highest BCUT2D eigenvalue weighted by atomic mass is 32.1. The molecule has 0 bridgehead atoms. The Labute approximate surface area is 142 Å². The zero-order valence-corrected chi connectivity index (χ0v) is 17.2. The minimum absolute atomic E-state index is 0.115. The lowest BCUT2D eigenvalue weighted by Gasteiger charge is -2.37. The van der Waals surface area contributed by atoms with E-state index in [1.165, 1.54) is 33.4 Å². The number of rotatable bonds is 2. The molecule has 120 valence electrons. The van der Waals surface area contributed by atoms with E-state index in [1.54, 1.807) is 0 Å². The van der Waals surface area contributed by atoms with Crippen molar-refractivity contribution in [2.45, 2.75) is 84.1 Å². The van der Waals surface area contributed by atoms with Gasteiger partial charge in [-0.1, -0.05) is 20.8 Å². The molecule has 0 saturated heterocycles. The largest absolute Gasteiger partial charge is 0.168 e. The molecular weight excluding hydrogens is 292 g/mol. The second-order valence-electron chi connectivity index (χ2n) is 8.37. The third-order valence-corrected chi connectivity index (χ3v) is 4.67. The minimum atomic E-state index is -0.157. The first-order valence-electron chi connectivity index (χ1n) is 7.70. The molecule has 0 spiro atoms. The van der Waals surface area contributed by atoms with Crippen molar-refractivity contribution in [3.63, 3.8) is 0 Å². The van der Waals surface area contributed by atoms with Crippen molar-refractivity contribution < 1.29 is 0 Å². The molecule has 0 aliphatic rings. The van der Waals surface area contributed by atoms with E-state index >= 15 is 0 Å². The molecule has 0 nitrogen and oxygen atoms in total. The van der Waals surface area contributed by atoms with Crippen LogP contribution < -0.4 is 0 Å². The molecule has 0 fully saturated rings. The first kappa shape index (κ1) is 19.0. The van der Waals surface area contributed by atoms with Crippen LogP contribution in [0, 0.1) is 20.8 Å². The summed E-state index contributed by atoms with van der Waals surface area (Å²) in [5.41, 5.74) is 8.40. The quantitative estimate of drug-likeness (QED) is 0.591. The Kier molecular flexibility index (Phi) is 4.99. The zero-order chi connectivity index (χ0) is 17.0. The molecule has 0 radical (unpaired) electrons. The lowest BCUT2D eigenvalue weighted by molar-refractivity contribution is 0.573. The fourth-order valence-corrected chi connectivity index (χ4v) is 4.85. The Hall–Kier alpha value is -0.0800. The summed E-state index contributed by atoms with van der Waals surface area (Å²) in [5.74, 6) is 0. The number of hydrogen-bond donors (Lipinski definition) is 2. The smallest absolute Gasteiger partial charge is 0.0327 e. The first-order valence-corrected chi connectivity index (χ1v) is 8.59. The van der Waals surface area contributed by atoms with Crippen LogP contribution in [-0.4, -0.2) is 0 Å². The molecular formula is C19H32S2. The Morgan fingerprint density at radius 3 is 0.952 bits per heavy atom. The van der Waals surface area contributed by atoms with E-state index in [2.05, 4.69) is 69.2 Å².